The largest absolute Gasteiger partial charge is 0.493 e. The average molecular weight is 439 g/mol. The number of carbonyl (C=O) groups is 4. The van der Waals surface area contributed by atoms with E-state index in [0.717, 1.165) is 10.5 Å². The normalized spacial score (nSPS) is 12.4. The number of ether oxygens (including phenoxy) is 2. The average Bonchev–Trinajstić information content (AvgIpc) is 3.05. The first-order valence-corrected chi connectivity index (χ1v) is 10.1. The SMILES string of the molecule is COc1ccc(CC(=O)NCCNC(=O)CCN2C(=O)c3ccccc3C2=O)cc1OC. The van der Waals surface area contributed by atoms with Crippen LogP contribution in [0, 0.1) is 0 Å². The maximum absolute atomic E-state index is 12.3. The van der Waals surface area contributed by atoms with Crippen LogP contribution in [-0.4, -0.2) is 62.4 Å². The minimum Gasteiger partial charge on any atom is -0.493 e. The van der Waals surface area contributed by atoms with E-state index in [2.05, 4.69) is 10.6 Å². The highest BCUT2D eigenvalue weighted by Gasteiger charge is 2.34. The van der Waals surface area contributed by atoms with Crippen molar-refractivity contribution < 1.29 is 28.7 Å². The summed E-state index contributed by atoms with van der Waals surface area (Å²) >= 11 is 0. The van der Waals surface area contributed by atoms with E-state index in [4.69, 9.17) is 9.47 Å². The third-order valence-electron chi connectivity index (χ3n) is 5.02. The van der Waals surface area contributed by atoms with Crippen LogP contribution in [0.15, 0.2) is 42.5 Å². The number of fused-ring (bicyclic) bond motifs is 1. The molecule has 0 radical (unpaired) electrons. The molecule has 4 amide bonds. The fraction of sp³-hybridized carbons (Fsp3) is 0.304. The van der Waals surface area contributed by atoms with E-state index in [1.165, 1.54) is 7.11 Å². The van der Waals surface area contributed by atoms with Crippen LogP contribution in [0.1, 0.15) is 32.7 Å². The minimum absolute atomic E-state index is 0.00381. The van der Waals surface area contributed by atoms with Crippen molar-refractivity contribution in [3.8, 4) is 11.5 Å². The van der Waals surface area contributed by atoms with Gasteiger partial charge in [-0.15, -0.1) is 0 Å². The molecule has 0 saturated heterocycles. The van der Waals surface area contributed by atoms with E-state index < -0.39 is 0 Å². The molecule has 1 aliphatic heterocycles. The van der Waals surface area contributed by atoms with E-state index in [0.29, 0.717) is 22.6 Å². The van der Waals surface area contributed by atoms with Gasteiger partial charge in [-0.2, -0.15) is 0 Å². The van der Waals surface area contributed by atoms with Gasteiger partial charge in [-0.05, 0) is 29.8 Å². The van der Waals surface area contributed by atoms with Gasteiger partial charge < -0.3 is 20.1 Å². The third kappa shape index (κ3) is 5.23. The summed E-state index contributed by atoms with van der Waals surface area (Å²) in [7, 11) is 3.07. The van der Waals surface area contributed by atoms with Crippen molar-refractivity contribution in [2.75, 3.05) is 33.9 Å². The lowest BCUT2D eigenvalue weighted by Gasteiger charge is -2.13. The summed E-state index contributed by atoms with van der Waals surface area (Å²) in [5.41, 5.74) is 1.48. The Labute approximate surface area is 185 Å². The summed E-state index contributed by atoms with van der Waals surface area (Å²) < 4.78 is 10.4. The first-order chi connectivity index (χ1) is 15.4. The topological polar surface area (TPSA) is 114 Å². The fourth-order valence-electron chi connectivity index (χ4n) is 3.39. The van der Waals surface area contributed by atoms with Gasteiger partial charge in [0.05, 0.1) is 31.8 Å². The van der Waals surface area contributed by atoms with E-state index in [9.17, 15) is 19.2 Å². The summed E-state index contributed by atoms with van der Waals surface area (Å²) in [6.07, 6.45) is 0.152. The van der Waals surface area contributed by atoms with Gasteiger partial charge in [0.15, 0.2) is 11.5 Å². The molecule has 1 aliphatic rings. The van der Waals surface area contributed by atoms with Crippen LogP contribution in [0.2, 0.25) is 0 Å². The Morgan fingerprint density at radius 1 is 0.844 bits per heavy atom. The number of imide groups is 1. The Balaban J connectivity index is 1.36. The van der Waals surface area contributed by atoms with E-state index in [1.807, 2.05) is 0 Å². The van der Waals surface area contributed by atoms with Crippen molar-refractivity contribution in [2.24, 2.45) is 0 Å². The zero-order valence-electron chi connectivity index (χ0n) is 18.0. The van der Waals surface area contributed by atoms with Crippen molar-refractivity contribution >= 4 is 23.6 Å². The Kier molecular flexibility index (Phi) is 7.43. The van der Waals surface area contributed by atoms with Gasteiger partial charge >= 0.3 is 0 Å². The maximum atomic E-state index is 12.3. The van der Waals surface area contributed by atoms with Gasteiger partial charge in [-0.1, -0.05) is 18.2 Å². The molecular formula is C23H25N3O6. The van der Waals surface area contributed by atoms with Crippen LogP contribution in [0.25, 0.3) is 0 Å². The van der Waals surface area contributed by atoms with Gasteiger partial charge in [-0.25, -0.2) is 0 Å². The molecule has 0 aromatic heterocycles. The number of carbonyl (C=O) groups excluding carboxylic acids is 4. The zero-order chi connectivity index (χ0) is 23.1. The summed E-state index contributed by atoms with van der Waals surface area (Å²) in [6, 6.07) is 11.8. The Hall–Kier alpha value is -3.88. The van der Waals surface area contributed by atoms with Crippen molar-refractivity contribution in [2.45, 2.75) is 12.8 Å². The maximum Gasteiger partial charge on any atom is 0.261 e. The lowest BCUT2D eigenvalue weighted by molar-refractivity contribution is -0.122. The standard InChI is InChI=1S/C23H25N3O6/c1-31-18-8-7-15(13-19(18)32-2)14-21(28)25-11-10-24-20(27)9-12-26-22(29)16-5-3-4-6-17(16)23(26)30/h3-8,13H,9-12,14H2,1-2H3,(H,24,27)(H,25,28). The second-order valence-corrected chi connectivity index (χ2v) is 7.12. The summed E-state index contributed by atoms with van der Waals surface area (Å²) in [5, 5.41) is 5.40. The fourth-order valence-corrected chi connectivity index (χ4v) is 3.39. The number of nitrogens with one attached hydrogen (secondary N) is 2. The lowest BCUT2D eigenvalue weighted by atomic mass is 10.1. The van der Waals surface area contributed by atoms with Crippen LogP contribution in [-0.2, 0) is 16.0 Å². The molecule has 2 aromatic carbocycles. The number of hydrogen-bond donors (Lipinski definition) is 2. The predicted molar refractivity (Wildman–Crippen MR) is 116 cm³/mol. The van der Waals surface area contributed by atoms with Gasteiger partial charge in [0.25, 0.3) is 11.8 Å². The highest BCUT2D eigenvalue weighted by Crippen LogP contribution is 2.27. The highest BCUT2D eigenvalue weighted by atomic mass is 16.5. The Morgan fingerprint density at radius 2 is 1.44 bits per heavy atom. The molecule has 0 saturated carbocycles. The number of nitrogens with zero attached hydrogens (tertiary/aromatic N) is 1. The third-order valence-corrected chi connectivity index (χ3v) is 5.02. The smallest absolute Gasteiger partial charge is 0.261 e. The molecule has 0 bridgehead atoms. The van der Waals surface area contributed by atoms with Crippen LogP contribution in [0.4, 0.5) is 0 Å². The van der Waals surface area contributed by atoms with E-state index in [1.54, 1.807) is 49.6 Å². The Morgan fingerprint density at radius 3 is 2.03 bits per heavy atom. The molecule has 0 aliphatic carbocycles. The number of benzene rings is 2. The first-order valence-electron chi connectivity index (χ1n) is 10.1. The van der Waals surface area contributed by atoms with Crippen LogP contribution >= 0.6 is 0 Å². The van der Waals surface area contributed by atoms with Crippen molar-refractivity contribution in [3.05, 3.63) is 59.2 Å². The van der Waals surface area contributed by atoms with Crippen molar-refractivity contribution in [3.63, 3.8) is 0 Å². The molecule has 0 spiro atoms. The van der Waals surface area contributed by atoms with Crippen molar-refractivity contribution in [1.29, 1.82) is 0 Å². The number of rotatable bonds is 10. The van der Waals surface area contributed by atoms with Crippen LogP contribution in [0.3, 0.4) is 0 Å². The van der Waals surface area contributed by atoms with Gasteiger partial charge in [0.2, 0.25) is 11.8 Å². The molecule has 3 rings (SSSR count). The predicted octanol–water partition coefficient (Wildman–Crippen LogP) is 1.17. The van der Waals surface area contributed by atoms with E-state index in [-0.39, 0.29) is 56.1 Å². The molecule has 9 heteroatoms. The van der Waals surface area contributed by atoms with Gasteiger partial charge in [0.1, 0.15) is 0 Å². The van der Waals surface area contributed by atoms with Crippen LogP contribution < -0.4 is 20.1 Å². The first kappa shape index (κ1) is 22.8. The van der Waals surface area contributed by atoms with E-state index >= 15 is 0 Å². The molecule has 2 aromatic rings. The monoisotopic (exact) mass is 439 g/mol. The summed E-state index contributed by atoms with van der Waals surface area (Å²) in [4.78, 5) is 49.8. The van der Waals surface area contributed by atoms with Crippen LogP contribution in [0.5, 0.6) is 11.5 Å². The van der Waals surface area contributed by atoms with Crippen molar-refractivity contribution in [1.82, 2.24) is 15.5 Å². The molecule has 0 fully saturated rings. The molecule has 1 heterocycles. The zero-order valence-corrected chi connectivity index (χ0v) is 18.0. The summed E-state index contributed by atoms with van der Waals surface area (Å²) in [6.45, 7) is 0.493. The molecule has 0 unspecified atom stereocenters. The molecule has 168 valence electrons. The van der Waals surface area contributed by atoms with Gasteiger partial charge in [0, 0.05) is 26.1 Å². The quantitative estimate of drug-likeness (QED) is 0.424. The second kappa shape index (κ2) is 10.4. The Bertz CT molecular complexity index is 1000. The highest BCUT2D eigenvalue weighted by molar-refractivity contribution is 6.21. The second-order valence-electron chi connectivity index (χ2n) is 7.12. The molecule has 0 atom stereocenters. The minimum atomic E-state index is -0.388. The number of methoxy groups -OCH3 is 2. The lowest BCUT2D eigenvalue weighted by Crippen LogP contribution is -2.38. The van der Waals surface area contributed by atoms with Gasteiger partial charge in [-0.3, -0.25) is 24.1 Å². The molecule has 9 nitrogen and oxygen atoms in total. The summed E-state index contributed by atoms with van der Waals surface area (Å²) in [5.74, 6) is -0.154. The molecular weight excluding hydrogens is 414 g/mol. The number of hydrogen-bond acceptors (Lipinski definition) is 6. The molecule has 2 N–H and O–H groups in total. The molecule has 32 heavy (non-hydrogen) atoms. The number of amides is 4.